The van der Waals surface area contributed by atoms with Crippen molar-refractivity contribution in [3.8, 4) is 0 Å². The Morgan fingerprint density at radius 1 is 1.24 bits per heavy atom. The number of benzene rings is 1. The maximum absolute atomic E-state index is 12.5. The molecule has 0 aromatic heterocycles. The van der Waals surface area contributed by atoms with Gasteiger partial charge in [-0.2, -0.15) is 0 Å². The molecule has 1 aromatic rings. The van der Waals surface area contributed by atoms with Crippen molar-refractivity contribution in [2.45, 2.75) is 32.4 Å². The molecule has 0 spiro atoms. The first-order valence-electron chi connectivity index (χ1n) is 7.06. The Morgan fingerprint density at radius 2 is 1.76 bits per heavy atom. The van der Waals surface area contributed by atoms with Gasteiger partial charge in [-0.05, 0) is 23.8 Å². The van der Waals surface area contributed by atoms with E-state index in [0.717, 1.165) is 24.0 Å². The van der Waals surface area contributed by atoms with Gasteiger partial charge in [-0.25, -0.2) is 12.7 Å². The van der Waals surface area contributed by atoms with Gasteiger partial charge in [0.25, 0.3) is 0 Å². The zero-order valence-electron chi connectivity index (χ0n) is 12.5. The van der Waals surface area contributed by atoms with Gasteiger partial charge < -0.3 is 5.73 Å². The van der Waals surface area contributed by atoms with Crippen molar-refractivity contribution in [2.75, 3.05) is 13.1 Å². The van der Waals surface area contributed by atoms with Crippen LogP contribution >= 0.6 is 12.2 Å². The van der Waals surface area contributed by atoms with Crippen LogP contribution in [0.1, 0.15) is 37.8 Å². The summed E-state index contributed by atoms with van der Waals surface area (Å²) in [7, 11) is -3.25. The number of hydrogen-bond acceptors (Lipinski definition) is 3. The molecule has 1 saturated heterocycles. The molecule has 0 aliphatic carbocycles. The normalized spacial score (nSPS) is 19.3. The number of piperidine rings is 1. The Bertz CT molecular complexity index is 612. The molecule has 21 heavy (non-hydrogen) atoms. The molecule has 0 atom stereocenters. The molecule has 0 saturated carbocycles. The van der Waals surface area contributed by atoms with Crippen LogP contribution in [0.3, 0.4) is 0 Å². The second-order valence-electron chi connectivity index (χ2n) is 6.38. The Hall–Kier alpha value is -0.980. The predicted octanol–water partition coefficient (Wildman–Crippen LogP) is 2.27. The average Bonchev–Trinajstić information content (AvgIpc) is 2.38. The number of rotatable bonds is 4. The van der Waals surface area contributed by atoms with Crippen molar-refractivity contribution in [3.63, 3.8) is 0 Å². The molecule has 1 aliphatic heterocycles. The van der Waals surface area contributed by atoms with Crippen molar-refractivity contribution < 1.29 is 8.42 Å². The van der Waals surface area contributed by atoms with E-state index in [-0.39, 0.29) is 11.2 Å². The molecule has 0 amide bonds. The van der Waals surface area contributed by atoms with Gasteiger partial charge in [-0.15, -0.1) is 0 Å². The molecule has 0 unspecified atom stereocenters. The van der Waals surface area contributed by atoms with Gasteiger partial charge in [0.2, 0.25) is 10.0 Å². The summed E-state index contributed by atoms with van der Waals surface area (Å²) in [4.78, 5) is 0.322. The smallest absolute Gasteiger partial charge is 0.218 e. The fraction of sp³-hybridized carbons (Fsp3) is 0.533. The van der Waals surface area contributed by atoms with Crippen molar-refractivity contribution in [3.05, 3.63) is 35.4 Å². The lowest BCUT2D eigenvalue weighted by molar-refractivity contribution is 0.195. The van der Waals surface area contributed by atoms with Gasteiger partial charge in [-0.3, -0.25) is 0 Å². The molecule has 1 aliphatic rings. The second kappa shape index (κ2) is 6.02. The van der Waals surface area contributed by atoms with Crippen molar-refractivity contribution in [1.82, 2.24) is 4.31 Å². The monoisotopic (exact) mass is 326 g/mol. The van der Waals surface area contributed by atoms with Crippen LogP contribution in [0.5, 0.6) is 0 Å². The fourth-order valence-electron chi connectivity index (χ4n) is 2.44. The van der Waals surface area contributed by atoms with E-state index in [1.54, 1.807) is 28.6 Å². The van der Waals surface area contributed by atoms with Crippen LogP contribution in [0.15, 0.2) is 24.3 Å². The quantitative estimate of drug-likeness (QED) is 0.862. The van der Waals surface area contributed by atoms with Gasteiger partial charge in [-0.1, -0.05) is 50.3 Å². The molecule has 4 nitrogen and oxygen atoms in total. The van der Waals surface area contributed by atoms with Crippen LogP contribution in [0, 0.1) is 5.41 Å². The van der Waals surface area contributed by atoms with E-state index < -0.39 is 10.0 Å². The summed E-state index contributed by atoms with van der Waals surface area (Å²) < 4.78 is 26.5. The van der Waals surface area contributed by atoms with E-state index in [2.05, 4.69) is 13.8 Å². The molecule has 1 fully saturated rings. The lowest BCUT2D eigenvalue weighted by Gasteiger charge is -2.36. The predicted molar refractivity (Wildman–Crippen MR) is 89.5 cm³/mol. The Kier molecular flexibility index (Phi) is 4.70. The van der Waals surface area contributed by atoms with Gasteiger partial charge in [0, 0.05) is 18.7 Å². The summed E-state index contributed by atoms with van der Waals surface area (Å²) in [6, 6.07) is 7.10. The Labute approximate surface area is 132 Å². The van der Waals surface area contributed by atoms with Crippen LogP contribution in [-0.4, -0.2) is 30.8 Å². The van der Waals surface area contributed by atoms with E-state index >= 15 is 0 Å². The summed E-state index contributed by atoms with van der Waals surface area (Å²) in [6.07, 6.45) is 1.82. The van der Waals surface area contributed by atoms with Crippen LogP contribution in [0.4, 0.5) is 0 Å². The van der Waals surface area contributed by atoms with Gasteiger partial charge in [0.1, 0.15) is 4.99 Å². The average molecular weight is 326 g/mol. The minimum absolute atomic E-state index is 0.0328. The summed E-state index contributed by atoms with van der Waals surface area (Å²) in [5, 5.41) is 0. The maximum Gasteiger partial charge on any atom is 0.218 e. The second-order valence-corrected chi connectivity index (χ2v) is 8.79. The lowest BCUT2D eigenvalue weighted by atomic mass is 9.83. The van der Waals surface area contributed by atoms with Crippen LogP contribution in [0.25, 0.3) is 0 Å². The van der Waals surface area contributed by atoms with E-state index in [4.69, 9.17) is 18.0 Å². The third-order valence-electron chi connectivity index (χ3n) is 4.06. The Balaban J connectivity index is 2.06. The summed E-state index contributed by atoms with van der Waals surface area (Å²) >= 11 is 4.89. The maximum atomic E-state index is 12.5. The van der Waals surface area contributed by atoms with E-state index in [1.165, 1.54) is 0 Å². The van der Waals surface area contributed by atoms with E-state index in [9.17, 15) is 8.42 Å². The van der Waals surface area contributed by atoms with Gasteiger partial charge >= 0.3 is 0 Å². The largest absolute Gasteiger partial charge is 0.389 e. The molecular formula is C15H22N2O2S2. The summed E-state index contributed by atoms with van der Waals surface area (Å²) in [5.74, 6) is 0.0328. The highest BCUT2D eigenvalue weighted by molar-refractivity contribution is 7.88. The number of sulfonamides is 1. The Morgan fingerprint density at radius 3 is 2.24 bits per heavy atom. The van der Waals surface area contributed by atoms with Crippen LogP contribution < -0.4 is 5.73 Å². The topological polar surface area (TPSA) is 63.4 Å². The standard InChI is InChI=1S/C15H22N2O2S2/c1-15(2)7-9-17(10-8-15)21(18,19)11-12-3-5-13(6-4-12)14(16)20/h3-6H,7-11H2,1-2H3,(H2,16,20). The van der Waals surface area contributed by atoms with E-state index in [1.807, 2.05) is 0 Å². The highest BCUT2D eigenvalue weighted by Crippen LogP contribution is 2.31. The molecule has 116 valence electrons. The zero-order chi connectivity index (χ0) is 15.7. The highest BCUT2D eigenvalue weighted by atomic mass is 32.2. The molecule has 6 heteroatoms. The summed E-state index contributed by atoms with van der Waals surface area (Å²) in [5.41, 5.74) is 7.30. The van der Waals surface area contributed by atoms with Gasteiger partial charge in [0.05, 0.1) is 5.75 Å². The zero-order valence-corrected chi connectivity index (χ0v) is 14.1. The van der Waals surface area contributed by atoms with Crippen LogP contribution in [0.2, 0.25) is 0 Å². The number of nitrogens with zero attached hydrogens (tertiary/aromatic N) is 1. The number of nitrogens with two attached hydrogens (primary N) is 1. The van der Waals surface area contributed by atoms with Crippen molar-refractivity contribution in [1.29, 1.82) is 0 Å². The molecule has 2 rings (SSSR count). The fourth-order valence-corrected chi connectivity index (χ4v) is 4.11. The first-order valence-corrected chi connectivity index (χ1v) is 9.08. The number of thiocarbonyl (C=S) groups is 1. The van der Waals surface area contributed by atoms with E-state index in [0.29, 0.717) is 18.1 Å². The third-order valence-corrected chi connectivity index (χ3v) is 6.14. The minimum Gasteiger partial charge on any atom is -0.389 e. The third kappa shape index (κ3) is 4.25. The van der Waals surface area contributed by atoms with Crippen LogP contribution in [-0.2, 0) is 15.8 Å². The molecule has 0 radical (unpaired) electrons. The van der Waals surface area contributed by atoms with Crippen molar-refractivity contribution in [2.24, 2.45) is 11.1 Å². The molecule has 1 heterocycles. The SMILES string of the molecule is CC1(C)CCN(S(=O)(=O)Cc2ccc(C(N)=S)cc2)CC1. The summed E-state index contributed by atoms with van der Waals surface area (Å²) in [6.45, 7) is 5.59. The first kappa shape index (κ1) is 16.4. The first-order chi connectivity index (χ1) is 9.70. The van der Waals surface area contributed by atoms with Crippen molar-refractivity contribution >= 4 is 27.2 Å². The molecule has 1 aromatic carbocycles. The lowest BCUT2D eigenvalue weighted by Crippen LogP contribution is -2.41. The highest BCUT2D eigenvalue weighted by Gasteiger charge is 2.31. The minimum atomic E-state index is -3.25. The molecule has 0 bridgehead atoms. The van der Waals surface area contributed by atoms with Gasteiger partial charge in [0.15, 0.2) is 0 Å². The number of hydrogen-bond donors (Lipinski definition) is 1. The molecule has 2 N–H and O–H groups in total. The molecular weight excluding hydrogens is 304 g/mol.